The van der Waals surface area contributed by atoms with Crippen molar-refractivity contribution in [3.05, 3.63) is 51.9 Å². The maximum absolute atomic E-state index is 13.9. The largest absolute Gasteiger partial charge is 0.474 e. The second-order valence-electron chi connectivity index (χ2n) is 5.92. The van der Waals surface area contributed by atoms with E-state index in [1.165, 1.54) is 12.3 Å². The highest BCUT2D eigenvalue weighted by Crippen LogP contribution is 2.21. The van der Waals surface area contributed by atoms with E-state index in [-0.39, 0.29) is 12.7 Å². The van der Waals surface area contributed by atoms with Gasteiger partial charge in [-0.25, -0.2) is 9.07 Å². The number of nitrogens with zero attached hydrogens (tertiary/aromatic N) is 3. The van der Waals surface area contributed by atoms with Gasteiger partial charge >= 0.3 is 0 Å². The van der Waals surface area contributed by atoms with Crippen LogP contribution in [0.25, 0.3) is 6.08 Å². The van der Waals surface area contributed by atoms with Crippen LogP contribution in [-0.2, 0) is 11.9 Å². The molecule has 2 aromatic rings. The van der Waals surface area contributed by atoms with Crippen molar-refractivity contribution in [1.82, 2.24) is 9.78 Å². The number of benzene rings is 1. The Labute approximate surface area is 158 Å². The Morgan fingerprint density at radius 1 is 1.38 bits per heavy atom. The molecule has 0 amide bonds. The van der Waals surface area contributed by atoms with Crippen molar-refractivity contribution >= 4 is 23.9 Å². The van der Waals surface area contributed by atoms with Crippen LogP contribution in [0.4, 0.5) is 4.39 Å². The van der Waals surface area contributed by atoms with Gasteiger partial charge in [0.1, 0.15) is 5.83 Å². The van der Waals surface area contributed by atoms with Crippen molar-refractivity contribution in [3.8, 4) is 5.88 Å². The van der Waals surface area contributed by atoms with Crippen molar-refractivity contribution in [1.29, 1.82) is 0 Å². The van der Waals surface area contributed by atoms with Crippen LogP contribution in [0.15, 0.2) is 35.2 Å². The molecule has 1 heterocycles. The molecule has 0 aliphatic carbocycles. The van der Waals surface area contributed by atoms with Crippen LogP contribution in [0.1, 0.15) is 37.1 Å². The number of oxime groups is 1. The summed E-state index contributed by atoms with van der Waals surface area (Å²) in [5, 5.41) is 8.77. The second-order valence-corrected chi connectivity index (χ2v) is 6.35. The zero-order chi connectivity index (χ0) is 19.1. The van der Waals surface area contributed by atoms with Crippen LogP contribution >= 0.6 is 11.6 Å². The topological polar surface area (TPSA) is 48.6 Å². The number of hydrogen-bond donors (Lipinski definition) is 0. The lowest BCUT2D eigenvalue weighted by Gasteiger charge is -2.13. The van der Waals surface area contributed by atoms with Crippen LogP contribution in [0.2, 0.25) is 5.02 Å². The van der Waals surface area contributed by atoms with E-state index in [0.717, 1.165) is 17.7 Å². The zero-order valence-corrected chi connectivity index (χ0v) is 16.1. The summed E-state index contributed by atoms with van der Waals surface area (Å²) in [5.74, 6) is 0.171. The number of aryl methyl sites for hydroxylation is 2. The third-order valence-corrected chi connectivity index (χ3v) is 4.01. The lowest BCUT2D eigenvalue weighted by Crippen LogP contribution is -2.13. The number of aromatic nitrogens is 2. The van der Waals surface area contributed by atoms with Gasteiger partial charge in [-0.15, -0.1) is 0 Å². The van der Waals surface area contributed by atoms with Gasteiger partial charge in [0.15, 0.2) is 6.61 Å². The van der Waals surface area contributed by atoms with Crippen LogP contribution < -0.4 is 4.74 Å². The lowest BCUT2D eigenvalue weighted by atomic mass is 10.2. The van der Waals surface area contributed by atoms with Gasteiger partial charge in [-0.2, -0.15) is 5.10 Å². The Morgan fingerprint density at radius 3 is 2.73 bits per heavy atom. The predicted octanol–water partition coefficient (Wildman–Crippen LogP) is 4.92. The molecule has 0 aliphatic heterocycles. The molecular formula is C19H23ClFN3O2. The first-order valence-corrected chi connectivity index (χ1v) is 8.75. The third kappa shape index (κ3) is 5.59. The predicted molar refractivity (Wildman–Crippen MR) is 102 cm³/mol. The average molecular weight is 380 g/mol. The fourth-order valence-corrected chi connectivity index (χ4v) is 2.31. The van der Waals surface area contributed by atoms with Gasteiger partial charge in [-0.3, -0.25) is 0 Å². The Kier molecular flexibility index (Phi) is 7.21. The molecule has 0 radical (unpaired) electrons. The summed E-state index contributed by atoms with van der Waals surface area (Å²) >= 11 is 5.80. The molecule has 0 fully saturated rings. The third-order valence-electron chi connectivity index (χ3n) is 3.75. The number of ether oxygens (including phenoxy) is 1. The highest BCUT2D eigenvalue weighted by molar-refractivity contribution is 6.30. The molecule has 5 nitrogen and oxygen atoms in total. The number of halogens is 2. The highest BCUT2D eigenvalue weighted by atomic mass is 35.5. The maximum atomic E-state index is 13.9. The minimum Gasteiger partial charge on any atom is -0.474 e. The van der Waals surface area contributed by atoms with Gasteiger partial charge in [0.2, 0.25) is 5.88 Å². The molecule has 0 aliphatic rings. The summed E-state index contributed by atoms with van der Waals surface area (Å²) in [4.78, 5) is 5.05. The monoisotopic (exact) mass is 379 g/mol. The van der Waals surface area contributed by atoms with Gasteiger partial charge in [-0.05, 0) is 44.0 Å². The highest BCUT2D eigenvalue weighted by Gasteiger charge is 2.15. The standard InChI is InChI=1S/C19H23ClFN3O2/c1-5-13(2)26-19-18(14(3)23-24(19)4)11-22-25-12-17(21)10-15-6-8-16(20)9-7-15/h6-11,13H,5,12H2,1-4H3. The maximum Gasteiger partial charge on any atom is 0.221 e. The van der Waals surface area contributed by atoms with E-state index >= 15 is 0 Å². The number of hydrogen-bond acceptors (Lipinski definition) is 4. The lowest BCUT2D eigenvalue weighted by molar-refractivity contribution is 0.155. The molecule has 0 bridgehead atoms. The molecule has 1 atom stereocenters. The molecule has 0 N–H and O–H groups in total. The summed E-state index contributed by atoms with van der Waals surface area (Å²) in [6.07, 6.45) is 3.80. The zero-order valence-electron chi connectivity index (χ0n) is 15.4. The molecular weight excluding hydrogens is 357 g/mol. The van der Waals surface area contributed by atoms with E-state index in [9.17, 15) is 4.39 Å². The summed E-state index contributed by atoms with van der Waals surface area (Å²) in [6.45, 7) is 5.61. The van der Waals surface area contributed by atoms with E-state index in [1.807, 2.05) is 20.8 Å². The first-order valence-electron chi connectivity index (χ1n) is 8.38. The summed E-state index contributed by atoms with van der Waals surface area (Å²) in [5.41, 5.74) is 2.18. The molecule has 1 aromatic heterocycles. The average Bonchev–Trinajstić information content (AvgIpc) is 2.87. The van der Waals surface area contributed by atoms with Crippen molar-refractivity contribution in [3.63, 3.8) is 0 Å². The van der Waals surface area contributed by atoms with Crippen molar-refractivity contribution < 1.29 is 14.0 Å². The van der Waals surface area contributed by atoms with Gasteiger partial charge in [0, 0.05) is 12.1 Å². The van der Waals surface area contributed by atoms with Gasteiger partial charge in [-0.1, -0.05) is 35.8 Å². The van der Waals surface area contributed by atoms with Crippen LogP contribution in [0.5, 0.6) is 5.88 Å². The van der Waals surface area contributed by atoms with E-state index in [4.69, 9.17) is 21.2 Å². The first-order chi connectivity index (χ1) is 12.4. The van der Waals surface area contributed by atoms with Crippen LogP contribution in [0, 0.1) is 6.92 Å². The SMILES string of the molecule is CCC(C)Oc1c(C=NOCC(F)=Cc2ccc(Cl)cc2)c(C)nn1C. The molecule has 7 heteroatoms. The first kappa shape index (κ1) is 20.0. The van der Waals surface area contributed by atoms with Crippen molar-refractivity contribution in [2.45, 2.75) is 33.3 Å². The van der Waals surface area contributed by atoms with Gasteiger partial charge < -0.3 is 9.57 Å². The molecule has 1 aromatic carbocycles. The number of rotatable bonds is 8. The molecule has 0 saturated carbocycles. The van der Waals surface area contributed by atoms with E-state index in [1.54, 1.807) is 36.0 Å². The second kappa shape index (κ2) is 9.38. The Morgan fingerprint density at radius 2 is 2.08 bits per heavy atom. The van der Waals surface area contributed by atoms with E-state index in [0.29, 0.717) is 16.5 Å². The van der Waals surface area contributed by atoms with Gasteiger partial charge in [0.25, 0.3) is 0 Å². The molecule has 0 saturated heterocycles. The normalized spacial score (nSPS) is 13.2. The molecule has 140 valence electrons. The molecule has 0 spiro atoms. The fraction of sp³-hybridized carbons (Fsp3) is 0.368. The van der Waals surface area contributed by atoms with E-state index in [2.05, 4.69) is 10.3 Å². The summed E-state index contributed by atoms with van der Waals surface area (Å²) < 4.78 is 21.4. The van der Waals surface area contributed by atoms with Crippen LogP contribution in [0.3, 0.4) is 0 Å². The Hall–Kier alpha value is -2.34. The van der Waals surface area contributed by atoms with E-state index < -0.39 is 5.83 Å². The minimum atomic E-state index is -0.441. The summed E-state index contributed by atoms with van der Waals surface area (Å²) in [7, 11) is 1.80. The van der Waals surface area contributed by atoms with Gasteiger partial charge in [0.05, 0.1) is 23.6 Å². The minimum absolute atomic E-state index is 0.0534. The van der Waals surface area contributed by atoms with Crippen LogP contribution in [-0.4, -0.2) is 28.7 Å². The molecule has 1 unspecified atom stereocenters. The fourth-order valence-electron chi connectivity index (χ4n) is 2.19. The Balaban J connectivity index is 1.99. The quantitative estimate of drug-likeness (QED) is 0.483. The molecule has 26 heavy (non-hydrogen) atoms. The summed E-state index contributed by atoms with van der Waals surface area (Å²) in [6, 6.07) is 6.85. The molecule has 2 rings (SSSR count). The van der Waals surface area contributed by atoms with Crippen molar-refractivity contribution in [2.24, 2.45) is 12.2 Å². The smallest absolute Gasteiger partial charge is 0.221 e. The van der Waals surface area contributed by atoms with Crippen molar-refractivity contribution in [2.75, 3.05) is 6.61 Å². The Bertz CT molecular complexity index is 785.